The molecule has 1 amide bonds. The third kappa shape index (κ3) is 3.74. The Morgan fingerprint density at radius 1 is 0.967 bits per heavy atom. The number of para-hydroxylation sites is 2. The first-order valence-electron chi connectivity index (χ1n) is 10.0. The number of amides is 1. The van der Waals surface area contributed by atoms with E-state index in [0.29, 0.717) is 17.5 Å². The summed E-state index contributed by atoms with van der Waals surface area (Å²) >= 11 is 0. The Morgan fingerprint density at radius 2 is 1.67 bits per heavy atom. The zero-order valence-corrected chi connectivity index (χ0v) is 16.4. The zero-order valence-electron chi connectivity index (χ0n) is 16.4. The quantitative estimate of drug-likeness (QED) is 0.555. The van der Waals surface area contributed by atoms with Crippen LogP contribution in [0.1, 0.15) is 12.8 Å². The number of nitrogens with one attached hydrogen (secondary N) is 1. The summed E-state index contributed by atoms with van der Waals surface area (Å²) in [5.41, 5.74) is 3.20. The minimum absolute atomic E-state index is 0.00303. The molecule has 0 saturated carbocycles. The first-order chi connectivity index (χ1) is 14.8. The van der Waals surface area contributed by atoms with Crippen molar-refractivity contribution in [3.05, 3.63) is 67.0 Å². The molecule has 4 aromatic rings. The fraction of sp³-hybridized carbons (Fsp3) is 0.217. The molecular weight excluding hydrogens is 378 g/mol. The van der Waals surface area contributed by atoms with Gasteiger partial charge in [0, 0.05) is 24.6 Å². The monoisotopic (exact) mass is 399 g/mol. The van der Waals surface area contributed by atoms with Crippen LogP contribution in [0.15, 0.2) is 71.4 Å². The summed E-state index contributed by atoms with van der Waals surface area (Å²) in [7, 11) is 0. The maximum Gasteiger partial charge on any atom is 0.298 e. The fourth-order valence-corrected chi connectivity index (χ4v) is 3.70. The van der Waals surface area contributed by atoms with Crippen molar-refractivity contribution in [3.63, 3.8) is 0 Å². The van der Waals surface area contributed by atoms with Crippen molar-refractivity contribution in [2.75, 3.05) is 23.3 Å². The summed E-state index contributed by atoms with van der Waals surface area (Å²) in [4.78, 5) is 28.1. The van der Waals surface area contributed by atoms with E-state index < -0.39 is 0 Å². The van der Waals surface area contributed by atoms with E-state index in [0.717, 1.165) is 42.6 Å². The van der Waals surface area contributed by atoms with Gasteiger partial charge in [-0.2, -0.15) is 4.98 Å². The number of carbonyl (C=O) groups is 1. The van der Waals surface area contributed by atoms with Crippen LogP contribution in [0.2, 0.25) is 0 Å². The molecule has 7 heteroatoms. The molecule has 0 bridgehead atoms. The second kappa shape index (κ2) is 7.94. The van der Waals surface area contributed by atoms with E-state index in [2.05, 4.69) is 25.2 Å². The molecule has 3 heterocycles. The molecular formula is C23H21N5O2. The van der Waals surface area contributed by atoms with Gasteiger partial charge in [-0.05, 0) is 25.0 Å². The largest absolute Gasteiger partial charge is 0.423 e. The Hall–Kier alpha value is -3.74. The molecule has 1 fully saturated rings. The molecule has 1 saturated heterocycles. The molecule has 0 spiro atoms. The molecule has 1 aliphatic heterocycles. The van der Waals surface area contributed by atoms with E-state index in [4.69, 9.17) is 4.42 Å². The predicted molar refractivity (Wildman–Crippen MR) is 115 cm³/mol. The SMILES string of the molecule is O=C(Nc1cnc(-c2ccccc2)nc1)C1CCN(c2nc3ccccc3o2)CC1. The van der Waals surface area contributed by atoms with E-state index >= 15 is 0 Å². The molecule has 0 unspecified atom stereocenters. The molecule has 0 atom stereocenters. The minimum Gasteiger partial charge on any atom is -0.423 e. The first-order valence-corrected chi connectivity index (χ1v) is 10.0. The average molecular weight is 399 g/mol. The summed E-state index contributed by atoms with van der Waals surface area (Å²) in [6.45, 7) is 1.46. The van der Waals surface area contributed by atoms with Crippen LogP contribution in [0.3, 0.4) is 0 Å². The van der Waals surface area contributed by atoms with Gasteiger partial charge in [0.2, 0.25) is 5.91 Å². The maximum atomic E-state index is 12.7. The summed E-state index contributed by atoms with van der Waals surface area (Å²) in [6.07, 6.45) is 4.79. The molecule has 2 aromatic heterocycles. The van der Waals surface area contributed by atoms with Gasteiger partial charge in [0.1, 0.15) is 5.52 Å². The zero-order chi connectivity index (χ0) is 20.3. The number of hydrogen-bond donors (Lipinski definition) is 1. The number of oxazole rings is 1. The highest BCUT2D eigenvalue weighted by atomic mass is 16.4. The molecule has 1 aliphatic rings. The van der Waals surface area contributed by atoms with E-state index in [1.165, 1.54) is 0 Å². The van der Waals surface area contributed by atoms with Crippen molar-refractivity contribution in [1.29, 1.82) is 0 Å². The number of hydrogen-bond acceptors (Lipinski definition) is 6. The lowest BCUT2D eigenvalue weighted by molar-refractivity contribution is -0.120. The van der Waals surface area contributed by atoms with Crippen LogP contribution in [0.5, 0.6) is 0 Å². The lowest BCUT2D eigenvalue weighted by atomic mass is 9.96. The third-order valence-corrected chi connectivity index (χ3v) is 5.37. The number of rotatable bonds is 4. The maximum absolute atomic E-state index is 12.7. The predicted octanol–water partition coefficient (Wildman–Crippen LogP) is 4.14. The highest BCUT2D eigenvalue weighted by Crippen LogP contribution is 2.27. The highest BCUT2D eigenvalue weighted by Gasteiger charge is 2.27. The second-order valence-electron chi connectivity index (χ2n) is 7.38. The minimum atomic E-state index is -0.0561. The molecule has 150 valence electrons. The topological polar surface area (TPSA) is 84.2 Å². The van der Waals surface area contributed by atoms with Crippen LogP contribution in [0.25, 0.3) is 22.5 Å². The van der Waals surface area contributed by atoms with Crippen LogP contribution in [-0.4, -0.2) is 33.9 Å². The Bertz CT molecular complexity index is 1120. The molecule has 0 aliphatic carbocycles. The van der Waals surface area contributed by atoms with E-state index in [9.17, 15) is 4.79 Å². The molecule has 30 heavy (non-hydrogen) atoms. The third-order valence-electron chi connectivity index (χ3n) is 5.37. The number of nitrogens with zero attached hydrogens (tertiary/aromatic N) is 4. The average Bonchev–Trinajstić information content (AvgIpc) is 3.25. The van der Waals surface area contributed by atoms with Gasteiger partial charge in [0.15, 0.2) is 11.4 Å². The van der Waals surface area contributed by atoms with Crippen LogP contribution >= 0.6 is 0 Å². The number of piperidine rings is 1. The Morgan fingerprint density at radius 3 is 2.40 bits per heavy atom. The van der Waals surface area contributed by atoms with Crippen LogP contribution in [0, 0.1) is 5.92 Å². The van der Waals surface area contributed by atoms with Gasteiger partial charge >= 0.3 is 0 Å². The summed E-state index contributed by atoms with van der Waals surface area (Å²) in [5, 5.41) is 2.94. The molecule has 1 N–H and O–H groups in total. The van der Waals surface area contributed by atoms with Gasteiger partial charge < -0.3 is 14.6 Å². The summed E-state index contributed by atoms with van der Waals surface area (Å²) in [5.74, 6) is 0.586. The molecule has 7 nitrogen and oxygen atoms in total. The van der Waals surface area contributed by atoms with Crippen molar-refractivity contribution < 1.29 is 9.21 Å². The lowest BCUT2D eigenvalue weighted by Crippen LogP contribution is -2.38. The number of benzene rings is 2. The number of fused-ring (bicyclic) bond motifs is 1. The summed E-state index contributed by atoms with van der Waals surface area (Å²) in [6, 6.07) is 18.1. The van der Waals surface area contributed by atoms with Gasteiger partial charge in [-0.3, -0.25) is 4.79 Å². The Kier molecular flexibility index (Phi) is 4.85. The van der Waals surface area contributed by atoms with Crippen LogP contribution in [-0.2, 0) is 4.79 Å². The molecule has 5 rings (SSSR count). The van der Waals surface area contributed by atoms with Gasteiger partial charge in [-0.15, -0.1) is 0 Å². The van der Waals surface area contributed by atoms with Gasteiger partial charge in [-0.25, -0.2) is 9.97 Å². The van der Waals surface area contributed by atoms with E-state index in [1.54, 1.807) is 12.4 Å². The van der Waals surface area contributed by atoms with Gasteiger partial charge in [0.05, 0.1) is 18.1 Å². The summed E-state index contributed by atoms with van der Waals surface area (Å²) < 4.78 is 5.84. The van der Waals surface area contributed by atoms with Crippen LogP contribution in [0.4, 0.5) is 11.7 Å². The van der Waals surface area contributed by atoms with Crippen molar-refractivity contribution in [1.82, 2.24) is 15.0 Å². The fourth-order valence-electron chi connectivity index (χ4n) is 3.70. The normalized spacial score (nSPS) is 14.7. The van der Waals surface area contributed by atoms with Crippen LogP contribution < -0.4 is 10.2 Å². The highest BCUT2D eigenvalue weighted by molar-refractivity contribution is 5.92. The van der Waals surface area contributed by atoms with Crippen molar-refractivity contribution >= 4 is 28.7 Å². The Balaban J connectivity index is 1.19. The Labute approximate surface area is 173 Å². The van der Waals surface area contributed by atoms with Crippen molar-refractivity contribution in [2.45, 2.75) is 12.8 Å². The molecule has 0 radical (unpaired) electrons. The van der Waals surface area contributed by atoms with Crippen molar-refractivity contribution in [3.8, 4) is 11.4 Å². The first kappa shape index (κ1) is 18.3. The standard InChI is InChI=1S/C23H21N5O2/c29-22(26-18-14-24-21(25-15-18)16-6-2-1-3-7-16)17-10-12-28(13-11-17)23-27-19-8-4-5-9-20(19)30-23/h1-9,14-15,17H,10-13H2,(H,26,29). The molecule has 2 aromatic carbocycles. The second-order valence-corrected chi connectivity index (χ2v) is 7.38. The van der Waals surface area contributed by atoms with Crippen molar-refractivity contribution in [2.24, 2.45) is 5.92 Å². The van der Waals surface area contributed by atoms with E-state index in [1.807, 2.05) is 54.6 Å². The van der Waals surface area contributed by atoms with E-state index in [-0.39, 0.29) is 11.8 Å². The number of carbonyl (C=O) groups excluding carboxylic acids is 1. The lowest BCUT2D eigenvalue weighted by Gasteiger charge is -2.30. The smallest absolute Gasteiger partial charge is 0.298 e. The van der Waals surface area contributed by atoms with Gasteiger partial charge in [-0.1, -0.05) is 42.5 Å². The number of aromatic nitrogens is 3. The number of anilines is 2. The van der Waals surface area contributed by atoms with Gasteiger partial charge in [0.25, 0.3) is 6.01 Å².